The summed E-state index contributed by atoms with van der Waals surface area (Å²) in [6, 6.07) is 0. The lowest BCUT2D eigenvalue weighted by Crippen LogP contribution is -2.62. The summed E-state index contributed by atoms with van der Waals surface area (Å²) < 4.78 is 5.23. The molecular weight excluding hydrogens is 446 g/mol. The lowest BCUT2D eigenvalue weighted by atomic mass is 9.41. The van der Waals surface area contributed by atoms with Gasteiger partial charge in [-0.1, -0.05) is 34.1 Å². The highest BCUT2D eigenvalue weighted by Gasteiger charge is 2.64. The van der Waals surface area contributed by atoms with Gasteiger partial charge >= 0.3 is 12.1 Å². The van der Waals surface area contributed by atoms with Gasteiger partial charge in [0, 0.05) is 0 Å². The topological polar surface area (TPSA) is 116 Å². The minimum atomic E-state index is -1.09. The number of aliphatic hydroxyl groups excluding tert-OH is 2. The van der Waals surface area contributed by atoms with Gasteiger partial charge in [0.05, 0.1) is 18.8 Å². The highest BCUT2D eigenvalue weighted by atomic mass is 16.5. The fourth-order valence-corrected chi connectivity index (χ4v) is 9.67. The average Bonchev–Trinajstić information content (AvgIpc) is 3.16. The summed E-state index contributed by atoms with van der Waals surface area (Å²) >= 11 is 0. The Bertz CT molecular complexity index is 789. The van der Waals surface area contributed by atoms with Crippen molar-refractivity contribution < 1.29 is 29.6 Å². The zero-order valence-electron chi connectivity index (χ0n) is 22.0. The van der Waals surface area contributed by atoms with Crippen LogP contribution in [0.1, 0.15) is 85.5 Å². The van der Waals surface area contributed by atoms with E-state index >= 15 is 0 Å². The number of hydrogen-bond donors (Lipinski definition) is 4. The van der Waals surface area contributed by atoms with Gasteiger partial charge < -0.3 is 25.4 Å². The van der Waals surface area contributed by atoms with Gasteiger partial charge in [0.1, 0.15) is 6.54 Å². The fraction of sp³-hybridized carbons (Fsp3) is 0.929. The van der Waals surface area contributed by atoms with Crippen molar-refractivity contribution in [3.63, 3.8) is 0 Å². The molecule has 4 saturated carbocycles. The predicted octanol–water partition coefficient (Wildman–Crippen LogP) is 4.45. The number of rotatable bonds is 7. The summed E-state index contributed by atoms with van der Waals surface area (Å²) in [5.41, 5.74) is 0.398. The van der Waals surface area contributed by atoms with Crippen molar-refractivity contribution in [2.45, 2.75) is 97.7 Å². The van der Waals surface area contributed by atoms with E-state index in [2.05, 4.69) is 33.0 Å². The van der Waals surface area contributed by atoms with Crippen molar-refractivity contribution in [2.24, 2.45) is 52.3 Å². The van der Waals surface area contributed by atoms with Gasteiger partial charge in [-0.05, 0) is 104 Å². The van der Waals surface area contributed by atoms with E-state index in [1.54, 1.807) is 0 Å². The van der Waals surface area contributed by atoms with Crippen LogP contribution in [0.15, 0.2) is 0 Å². The Kier molecular flexibility index (Phi) is 7.78. The molecule has 0 heterocycles. The Labute approximate surface area is 210 Å². The molecule has 4 fully saturated rings. The quantitative estimate of drug-likeness (QED) is 0.416. The third kappa shape index (κ3) is 4.72. The normalized spacial score (nSPS) is 45.5. The minimum Gasteiger partial charge on any atom is -0.480 e. The summed E-state index contributed by atoms with van der Waals surface area (Å²) in [6.07, 6.45) is 8.03. The highest BCUT2D eigenvalue weighted by Crippen LogP contribution is 2.69. The molecular formula is C28H47NO6. The van der Waals surface area contributed by atoms with Crippen molar-refractivity contribution in [2.75, 3.05) is 13.2 Å². The second-order valence-corrected chi connectivity index (χ2v) is 12.8. The zero-order valence-corrected chi connectivity index (χ0v) is 22.0. The van der Waals surface area contributed by atoms with Crippen LogP contribution < -0.4 is 5.32 Å². The lowest BCUT2D eigenvalue weighted by Gasteiger charge is -2.64. The SMILES string of the molecule is CC[C@H]1[C@@H](O)[C@@H]2[C@H](CC[C@]3(C)[C@@H]([C@H](C)CCOC(=O)NCC(=O)O)CC[C@@H]23)[C@@]2(C)CC[C@@H](O)C[C@@H]12. The summed E-state index contributed by atoms with van der Waals surface area (Å²) in [5, 5.41) is 33.2. The Morgan fingerprint density at radius 2 is 1.71 bits per heavy atom. The molecule has 1 amide bonds. The molecule has 0 aromatic carbocycles. The fourth-order valence-electron chi connectivity index (χ4n) is 9.67. The summed E-state index contributed by atoms with van der Waals surface area (Å²) in [5.74, 6) is 1.91. The lowest BCUT2D eigenvalue weighted by molar-refractivity contribution is -0.203. The van der Waals surface area contributed by atoms with Gasteiger partial charge in [-0.25, -0.2) is 4.79 Å². The highest BCUT2D eigenvalue weighted by molar-refractivity contribution is 5.76. The monoisotopic (exact) mass is 493 g/mol. The first-order chi connectivity index (χ1) is 16.5. The van der Waals surface area contributed by atoms with Crippen LogP contribution in [0.25, 0.3) is 0 Å². The van der Waals surface area contributed by atoms with Crippen LogP contribution in [0.3, 0.4) is 0 Å². The Morgan fingerprint density at radius 3 is 2.40 bits per heavy atom. The van der Waals surface area contributed by atoms with E-state index in [0.717, 1.165) is 51.4 Å². The van der Waals surface area contributed by atoms with Crippen LogP contribution in [-0.4, -0.2) is 52.7 Å². The molecule has 4 aliphatic carbocycles. The van der Waals surface area contributed by atoms with Crippen LogP contribution in [0.2, 0.25) is 0 Å². The number of amides is 1. The molecule has 7 heteroatoms. The number of carboxylic acids is 1. The van der Waals surface area contributed by atoms with Gasteiger partial charge in [0.25, 0.3) is 0 Å². The number of nitrogens with one attached hydrogen (secondary N) is 1. The number of carbonyl (C=O) groups excluding carboxylic acids is 1. The van der Waals surface area contributed by atoms with E-state index in [4.69, 9.17) is 9.84 Å². The minimum absolute atomic E-state index is 0.183. The van der Waals surface area contributed by atoms with Crippen molar-refractivity contribution in [1.82, 2.24) is 5.32 Å². The van der Waals surface area contributed by atoms with E-state index in [1.807, 2.05) is 0 Å². The number of alkyl carbamates (subject to hydrolysis) is 1. The number of ether oxygens (including phenoxy) is 1. The first kappa shape index (κ1) is 26.7. The first-order valence-corrected chi connectivity index (χ1v) is 14.0. The maximum Gasteiger partial charge on any atom is 0.407 e. The van der Waals surface area contributed by atoms with Crippen molar-refractivity contribution >= 4 is 12.1 Å². The molecule has 200 valence electrons. The van der Waals surface area contributed by atoms with Gasteiger partial charge in [0.2, 0.25) is 0 Å². The molecule has 0 aromatic rings. The first-order valence-electron chi connectivity index (χ1n) is 14.0. The second-order valence-electron chi connectivity index (χ2n) is 12.8. The van der Waals surface area contributed by atoms with E-state index in [1.165, 1.54) is 6.42 Å². The van der Waals surface area contributed by atoms with E-state index in [0.29, 0.717) is 42.1 Å². The molecule has 4 rings (SSSR count). The van der Waals surface area contributed by atoms with Crippen molar-refractivity contribution in [3.05, 3.63) is 0 Å². The number of aliphatic carboxylic acids is 1. The van der Waals surface area contributed by atoms with E-state index in [9.17, 15) is 19.8 Å². The van der Waals surface area contributed by atoms with Gasteiger partial charge in [-0.15, -0.1) is 0 Å². The maximum atomic E-state index is 11.8. The molecule has 35 heavy (non-hydrogen) atoms. The Hall–Kier alpha value is -1.34. The molecule has 0 radical (unpaired) electrons. The van der Waals surface area contributed by atoms with E-state index in [-0.39, 0.29) is 29.0 Å². The molecule has 4 aliphatic rings. The zero-order chi connectivity index (χ0) is 25.5. The molecule has 0 saturated heterocycles. The van der Waals surface area contributed by atoms with Crippen LogP contribution in [0, 0.1) is 52.3 Å². The Morgan fingerprint density at radius 1 is 1.03 bits per heavy atom. The molecule has 4 N–H and O–H groups in total. The average molecular weight is 494 g/mol. The summed E-state index contributed by atoms with van der Waals surface area (Å²) in [6.45, 7) is 9.26. The number of hydrogen-bond acceptors (Lipinski definition) is 5. The maximum absolute atomic E-state index is 11.8. The largest absolute Gasteiger partial charge is 0.480 e. The molecule has 7 nitrogen and oxygen atoms in total. The van der Waals surface area contributed by atoms with Crippen LogP contribution in [0.4, 0.5) is 4.79 Å². The van der Waals surface area contributed by atoms with Crippen LogP contribution in [0.5, 0.6) is 0 Å². The molecule has 0 aromatic heterocycles. The van der Waals surface area contributed by atoms with Crippen LogP contribution >= 0.6 is 0 Å². The molecule has 11 atom stereocenters. The van der Waals surface area contributed by atoms with E-state index < -0.39 is 18.6 Å². The standard InChI is InChI=1S/C28H47NO6/c1-5-18-22-14-17(30)8-11-28(22,4)21-9-12-27(3)19(6-7-20(27)24(21)25(18)33)16(2)10-13-35-26(34)29-15-23(31)32/h16-22,24-25,30,33H,5-15H2,1-4H3,(H,29,34)(H,31,32)/t16-,17-,18-,19-,20+,21+,22+,24+,25-,27-,28-/m1/s1. The smallest absolute Gasteiger partial charge is 0.407 e. The van der Waals surface area contributed by atoms with Crippen molar-refractivity contribution in [3.8, 4) is 0 Å². The number of fused-ring (bicyclic) bond motifs is 5. The molecule has 0 spiro atoms. The summed E-state index contributed by atoms with van der Waals surface area (Å²) in [4.78, 5) is 22.3. The summed E-state index contributed by atoms with van der Waals surface area (Å²) in [7, 11) is 0. The van der Waals surface area contributed by atoms with Crippen molar-refractivity contribution in [1.29, 1.82) is 0 Å². The molecule has 0 unspecified atom stereocenters. The number of carbonyl (C=O) groups is 2. The van der Waals surface area contributed by atoms with Gasteiger partial charge in [-0.2, -0.15) is 0 Å². The van der Waals surface area contributed by atoms with Crippen LogP contribution in [-0.2, 0) is 9.53 Å². The number of carboxylic acid groups (broad SMARTS) is 1. The third-order valence-electron chi connectivity index (χ3n) is 11.3. The second kappa shape index (κ2) is 10.2. The molecule has 0 bridgehead atoms. The Balaban J connectivity index is 1.45. The number of aliphatic hydroxyl groups is 2. The predicted molar refractivity (Wildman–Crippen MR) is 133 cm³/mol. The molecule has 0 aliphatic heterocycles. The third-order valence-corrected chi connectivity index (χ3v) is 11.3. The van der Waals surface area contributed by atoms with Gasteiger partial charge in [-0.3, -0.25) is 4.79 Å². The van der Waals surface area contributed by atoms with Gasteiger partial charge in [0.15, 0.2) is 0 Å².